The molecule has 156 valence electrons. The summed E-state index contributed by atoms with van der Waals surface area (Å²) in [6.45, 7) is 0. The van der Waals surface area contributed by atoms with E-state index in [1.807, 2.05) is 0 Å². The second-order valence-corrected chi connectivity index (χ2v) is 7.76. The van der Waals surface area contributed by atoms with Crippen LogP contribution in [-0.4, -0.2) is 28.4 Å². The number of hydrogen-bond acceptors (Lipinski definition) is 5. The first-order chi connectivity index (χ1) is 14.2. The fraction of sp³-hybridized carbons (Fsp3) is 0.158. The third kappa shape index (κ3) is 6.07. The van der Waals surface area contributed by atoms with Crippen LogP contribution < -0.4 is 10.6 Å². The summed E-state index contributed by atoms with van der Waals surface area (Å²) >= 11 is 6.81. The van der Waals surface area contributed by atoms with Gasteiger partial charge in [0.2, 0.25) is 11.8 Å². The van der Waals surface area contributed by atoms with Crippen molar-refractivity contribution in [1.82, 2.24) is 5.32 Å². The molecule has 2 aromatic carbocycles. The summed E-state index contributed by atoms with van der Waals surface area (Å²) in [5, 5.41) is 12.7. The van der Waals surface area contributed by atoms with Crippen molar-refractivity contribution in [3.8, 4) is 0 Å². The van der Waals surface area contributed by atoms with Crippen LogP contribution in [0.25, 0.3) is 0 Å². The van der Waals surface area contributed by atoms with E-state index in [1.165, 1.54) is 18.3 Å². The topological polar surface area (TPSA) is 82.9 Å². The summed E-state index contributed by atoms with van der Waals surface area (Å²) < 4.78 is 38.3. The molecule has 3 rings (SSSR count). The number of anilines is 1. The van der Waals surface area contributed by atoms with E-state index in [1.54, 1.807) is 24.3 Å². The lowest BCUT2D eigenvalue weighted by Gasteiger charge is -2.10. The minimum absolute atomic E-state index is 0.000292. The standard InChI is InChI=1S/C19H14ClF3N4O2S/c20-13-6-4-11(5-7-13)10-24-27-18-26-17(29)15(30-18)9-16(28)25-14-3-1-2-12(8-14)19(21,22)23/h1-8,10,15H,9H2,(H,25,28)(H,26,27,29)/b24-10+. The minimum atomic E-state index is -4.51. The third-order valence-electron chi connectivity index (χ3n) is 3.85. The van der Waals surface area contributed by atoms with Crippen LogP contribution in [0.15, 0.2) is 58.7 Å². The molecular formula is C19H14ClF3N4O2S. The number of amidine groups is 1. The highest BCUT2D eigenvalue weighted by atomic mass is 35.5. The molecule has 30 heavy (non-hydrogen) atoms. The van der Waals surface area contributed by atoms with Crippen LogP contribution in [0.3, 0.4) is 0 Å². The molecule has 1 atom stereocenters. The van der Waals surface area contributed by atoms with Gasteiger partial charge in [0.25, 0.3) is 0 Å². The highest BCUT2D eigenvalue weighted by molar-refractivity contribution is 8.15. The van der Waals surface area contributed by atoms with Gasteiger partial charge in [0.05, 0.1) is 11.8 Å². The monoisotopic (exact) mass is 454 g/mol. The molecule has 0 radical (unpaired) electrons. The van der Waals surface area contributed by atoms with Gasteiger partial charge < -0.3 is 10.6 Å². The molecule has 0 spiro atoms. The second kappa shape index (κ2) is 9.31. The van der Waals surface area contributed by atoms with E-state index in [-0.39, 0.29) is 17.3 Å². The Morgan fingerprint density at radius 3 is 2.67 bits per heavy atom. The Labute approximate surface area is 178 Å². The number of benzene rings is 2. The Balaban J connectivity index is 1.56. The van der Waals surface area contributed by atoms with Crippen molar-refractivity contribution in [2.45, 2.75) is 17.8 Å². The molecule has 0 bridgehead atoms. The Bertz CT molecular complexity index is 1010. The first-order valence-electron chi connectivity index (χ1n) is 8.52. The predicted molar refractivity (Wildman–Crippen MR) is 111 cm³/mol. The molecule has 1 heterocycles. The molecule has 2 N–H and O–H groups in total. The van der Waals surface area contributed by atoms with Gasteiger partial charge in [-0.05, 0) is 35.9 Å². The molecule has 0 aliphatic carbocycles. The Kier molecular flexibility index (Phi) is 6.78. The lowest BCUT2D eigenvalue weighted by atomic mass is 10.2. The van der Waals surface area contributed by atoms with E-state index in [0.29, 0.717) is 5.02 Å². The number of alkyl halides is 3. The number of halogens is 4. The maximum atomic E-state index is 12.8. The molecule has 6 nitrogen and oxygen atoms in total. The number of carbonyl (C=O) groups is 2. The van der Waals surface area contributed by atoms with Gasteiger partial charge in [0.15, 0.2) is 5.17 Å². The van der Waals surface area contributed by atoms with Gasteiger partial charge in [0, 0.05) is 17.1 Å². The molecule has 1 fully saturated rings. The zero-order valence-corrected chi connectivity index (χ0v) is 16.7. The van der Waals surface area contributed by atoms with E-state index in [2.05, 4.69) is 20.8 Å². The fourth-order valence-corrected chi connectivity index (χ4v) is 3.49. The predicted octanol–water partition coefficient (Wildman–Crippen LogP) is 4.31. The molecule has 2 amide bonds. The van der Waals surface area contributed by atoms with Gasteiger partial charge in [-0.2, -0.15) is 18.3 Å². The molecule has 0 saturated carbocycles. The molecule has 1 aliphatic heterocycles. The Hall–Kier alpha value is -2.85. The van der Waals surface area contributed by atoms with Gasteiger partial charge in [-0.25, -0.2) is 0 Å². The Morgan fingerprint density at radius 2 is 1.97 bits per heavy atom. The number of amides is 2. The number of carbonyl (C=O) groups excluding carboxylic acids is 2. The van der Waals surface area contributed by atoms with Crippen LogP contribution in [-0.2, 0) is 15.8 Å². The minimum Gasteiger partial charge on any atom is -0.326 e. The maximum absolute atomic E-state index is 12.8. The van der Waals surface area contributed by atoms with Crippen molar-refractivity contribution < 1.29 is 22.8 Å². The average Bonchev–Trinajstić information content (AvgIpc) is 3.02. The smallest absolute Gasteiger partial charge is 0.326 e. The SMILES string of the molecule is O=C(CC1S/C(=N\N=C\c2ccc(Cl)cc2)NC1=O)Nc1cccc(C(F)(F)F)c1. The van der Waals surface area contributed by atoms with Crippen molar-refractivity contribution in [3.05, 3.63) is 64.7 Å². The van der Waals surface area contributed by atoms with Crippen LogP contribution in [0.2, 0.25) is 5.02 Å². The van der Waals surface area contributed by atoms with Gasteiger partial charge in [-0.15, -0.1) is 5.10 Å². The maximum Gasteiger partial charge on any atom is 0.416 e. The number of nitrogens with one attached hydrogen (secondary N) is 2. The van der Waals surface area contributed by atoms with Crippen LogP contribution >= 0.6 is 23.4 Å². The van der Waals surface area contributed by atoms with Crippen LogP contribution in [0.4, 0.5) is 18.9 Å². The number of rotatable bonds is 5. The van der Waals surface area contributed by atoms with E-state index < -0.39 is 28.8 Å². The molecule has 0 aromatic heterocycles. The van der Waals surface area contributed by atoms with Crippen molar-refractivity contribution in [2.75, 3.05) is 5.32 Å². The number of nitrogens with zero attached hydrogens (tertiary/aromatic N) is 2. The molecule has 1 saturated heterocycles. The molecule has 11 heteroatoms. The molecular weight excluding hydrogens is 441 g/mol. The largest absolute Gasteiger partial charge is 0.416 e. The van der Waals surface area contributed by atoms with Gasteiger partial charge >= 0.3 is 6.18 Å². The third-order valence-corrected chi connectivity index (χ3v) is 5.17. The van der Waals surface area contributed by atoms with E-state index >= 15 is 0 Å². The highest BCUT2D eigenvalue weighted by Gasteiger charge is 2.33. The summed E-state index contributed by atoms with van der Waals surface area (Å²) in [6, 6.07) is 11.1. The Morgan fingerprint density at radius 1 is 1.23 bits per heavy atom. The number of hydrogen-bond donors (Lipinski definition) is 2. The fourth-order valence-electron chi connectivity index (χ4n) is 2.44. The lowest BCUT2D eigenvalue weighted by Crippen LogP contribution is -2.28. The zero-order chi connectivity index (χ0) is 21.7. The quantitative estimate of drug-likeness (QED) is 0.521. The first-order valence-corrected chi connectivity index (χ1v) is 9.78. The molecule has 1 unspecified atom stereocenters. The van der Waals surface area contributed by atoms with Crippen molar-refractivity contribution >= 4 is 52.2 Å². The van der Waals surface area contributed by atoms with Gasteiger partial charge in [0.1, 0.15) is 5.25 Å². The summed E-state index contributed by atoms with van der Waals surface area (Å²) in [5.41, 5.74) is -0.115. The summed E-state index contributed by atoms with van der Waals surface area (Å²) in [7, 11) is 0. The first kappa shape index (κ1) is 21.8. The summed E-state index contributed by atoms with van der Waals surface area (Å²) in [4.78, 5) is 24.2. The van der Waals surface area contributed by atoms with E-state index in [0.717, 1.165) is 29.5 Å². The molecule has 1 aliphatic rings. The summed E-state index contributed by atoms with van der Waals surface area (Å²) in [5.74, 6) is -1.02. The van der Waals surface area contributed by atoms with Crippen molar-refractivity contribution in [2.24, 2.45) is 10.2 Å². The van der Waals surface area contributed by atoms with E-state index in [9.17, 15) is 22.8 Å². The van der Waals surface area contributed by atoms with Crippen molar-refractivity contribution in [3.63, 3.8) is 0 Å². The number of thioether (sulfide) groups is 1. The van der Waals surface area contributed by atoms with E-state index in [4.69, 9.17) is 11.6 Å². The average molecular weight is 455 g/mol. The zero-order valence-electron chi connectivity index (χ0n) is 15.1. The normalized spacial score (nSPS) is 18.1. The molecule has 2 aromatic rings. The van der Waals surface area contributed by atoms with Crippen LogP contribution in [0.1, 0.15) is 17.5 Å². The summed E-state index contributed by atoms with van der Waals surface area (Å²) in [6.07, 6.45) is -3.27. The van der Waals surface area contributed by atoms with Gasteiger partial charge in [-0.3, -0.25) is 9.59 Å². The van der Waals surface area contributed by atoms with Gasteiger partial charge in [-0.1, -0.05) is 41.6 Å². The lowest BCUT2D eigenvalue weighted by molar-refractivity contribution is -0.137. The highest BCUT2D eigenvalue weighted by Crippen LogP contribution is 2.31. The second-order valence-electron chi connectivity index (χ2n) is 6.13. The van der Waals surface area contributed by atoms with Crippen molar-refractivity contribution in [1.29, 1.82) is 0 Å². The van der Waals surface area contributed by atoms with Crippen LogP contribution in [0.5, 0.6) is 0 Å². The van der Waals surface area contributed by atoms with Crippen LogP contribution in [0, 0.1) is 0 Å².